The van der Waals surface area contributed by atoms with E-state index in [9.17, 15) is 0 Å². The molecule has 0 spiro atoms. The van der Waals surface area contributed by atoms with Crippen LogP contribution in [0.25, 0.3) is 0 Å². The molecule has 4 heteroatoms. The zero-order chi connectivity index (χ0) is 11.6. The Morgan fingerprint density at radius 1 is 1.27 bits per heavy atom. The van der Waals surface area contributed by atoms with Gasteiger partial charge in [-0.05, 0) is 29.8 Å². The minimum Gasteiger partial charge on any atom is -0.369 e. The Bertz CT molecular complexity index is 356. The third-order valence-corrected chi connectivity index (χ3v) is 2.98. The van der Waals surface area contributed by atoms with Crippen LogP contribution >= 0.6 is 15.9 Å². The summed E-state index contributed by atoms with van der Waals surface area (Å²) < 4.78 is 0.956. The molecule has 0 saturated carbocycles. The summed E-state index contributed by atoms with van der Waals surface area (Å²) in [6, 6.07) is 0. The molecule has 0 amide bonds. The van der Waals surface area contributed by atoms with Crippen LogP contribution in [0.5, 0.6) is 0 Å². The van der Waals surface area contributed by atoms with Crippen molar-refractivity contribution < 1.29 is 0 Å². The molecule has 1 aromatic rings. The average Bonchev–Trinajstić information content (AvgIpc) is 2.11. The van der Waals surface area contributed by atoms with Crippen LogP contribution in [-0.2, 0) is 5.41 Å². The van der Waals surface area contributed by atoms with Crippen LogP contribution in [0.15, 0.2) is 4.47 Å². The highest BCUT2D eigenvalue weighted by molar-refractivity contribution is 9.10. The van der Waals surface area contributed by atoms with E-state index in [0.717, 1.165) is 28.4 Å². The summed E-state index contributed by atoms with van der Waals surface area (Å²) in [6.45, 7) is 11.3. The van der Waals surface area contributed by atoms with E-state index < -0.39 is 0 Å². The van der Waals surface area contributed by atoms with E-state index in [1.807, 2.05) is 6.92 Å². The zero-order valence-corrected chi connectivity index (χ0v) is 11.6. The first-order valence-corrected chi connectivity index (χ1v) is 5.94. The molecule has 0 saturated heterocycles. The van der Waals surface area contributed by atoms with Crippen molar-refractivity contribution in [2.45, 2.75) is 40.0 Å². The standard InChI is InChI=1S/C11H18BrN3/c1-6-13-9-8(12)7(2)14-10(15-9)11(3,4)5/h6H2,1-5H3,(H,13,14,15). The van der Waals surface area contributed by atoms with Crippen LogP contribution in [0.3, 0.4) is 0 Å². The van der Waals surface area contributed by atoms with Crippen molar-refractivity contribution in [2.24, 2.45) is 0 Å². The zero-order valence-electron chi connectivity index (χ0n) is 9.98. The average molecular weight is 272 g/mol. The molecule has 3 nitrogen and oxygen atoms in total. The van der Waals surface area contributed by atoms with Crippen molar-refractivity contribution in [1.29, 1.82) is 0 Å². The topological polar surface area (TPSA) is 37.8 Å². The Kier molecular flexibility index (Phi) is 3.71. The lowest BCUT2D eigenvalue weighted by Crippen LogP contribution is -2.18. The van der Waals surface area contributed by atoms with E-state index in [-0.39, 0.29) is 5.41 Å². The highest BCUT2D eigenvalue weighted by Gasteiger charge is 2.20. The lowest BCUT2D eigenvalue weighted by Gasteiger charge is -2.19. The molecule has 0 fully saturated rings. The Balaban J connectivity index is 3.23. The van der Waals surface area contributed by atoms with Gasteiger partial charge in [0.05, 0.1) is 10.2 Å². The van der Waals surface area contributed by atoms with Gasteiger partial charge in [0.2, 0.25) is 0 Å². The van der Waals surface area contributed by atoms with Crippen LogP contribution in [0, 0.1) is 6.92 Å². The monoisotopic (exact) mass is 271 g/mol. The van der Waals surface area contributed by atoms with Gasteiger partial charge in [-0.15, -0.1) is 0 Å². The van der Waals surface area contributed by atoms with E-state index in [1.165, 1.54) is 0 Å². The van der Waals surface area contributed by atoms with Gasteiger partial charge in [-0.3, -0.25) is 0 Å². The molecule has 0 atom stereocenters. The molecule has 0 bridgehead atoms. The van der Waals surface area contributed by atoms with Gasteiger partial charge < -0.3 is 5.32 Å². The molecule has 15 heavy (non-hydrogen) atoms. The molecule has 1 aromatic heterocycles. The van der Waals surface area contributed by atoms with Crippen molar-refractivity contribution in [2.75, 3.05) is 11.9 Å². The number of hydrogen-bond acceptors (Lipinski definition) is 3. The third kappa shape index (κ3) is 2.91. The normalized spacial score (nSPS) is 11.6. The molecule has 1 N–H and O–H groups in total. The maximum absolute atomic E-state index is 4.53. The molecule has 0 radical (unpaired) electrons. The maximum Gasteiger partial charge on any atom is 0.144 e. The van der Waals surface area contributed by atoms with Gasteiger partial charge in [0.15, 0.2) is 0 Å². The van der Waals surface area contributed by atoms with Crippen LogP contribution in [-0.4, -0.2) is 16.5 Å². The summed E-state index contributed by atoms with van der Waals surface area (Å²) in [4.78, 5) is 9.01. The fourth-order valence-electron chi connectivity index (χ4n) is 1.18. The first-order chi connectivity index (χ1) is 6.86. The smallest absolute Gasteiger partial charge is 0.144 e. The Hall–Kier alpha value is -0.640. The highest BCUT2D eigenvalue weighted by atomic mass is 79.9. The molecule has 1 heterocycles. The predicted octanol–water partition coefficient (Wildman–Crippen LogP) is 3.28. The fraction of sp³-hybridized carbons (Fsp3) is 0.636. The summed E-state index contributed by atoms with van der Waals surface area (Å²) >= 11 is 3.49. The molecule has 84 valence electrons. The molecule has 0 aliphatic heterocycles. The molecule has 1 rings (SSSR count). The quantitative estimate of drug-likeness (QED) is 0.897. The predicted molar refractivity (Wildman–Crippen MR) is 67.3 cm³/mol. The van der Waals surface area contributed by atoms with Crippen LogP contribution in [0.2, 0.25) is 0 Å². The summed E-state index contributed by atoms with van der Waals surface area (Å²) in [6.07, 6.45) is 0. The number of aryl methyl sites for hydroxylation is 1. The minimum atomic E-state index is -0.0182. The lowest BCUT2D eigenvalue weighted by molar-refractivity contribution is 0.543. The van der Waals surface area contributed by atoms with E-state index in [4.69, 9.17) is 0 Å². The van der Waals surface area contributed by atoms with E-state index in [1.54, 1.807) is 0 Å². The van der Waals surface area contributed by atoms with Crippen molar-refractivity contribution in [3.05, 3.63) is 16.0 Å². The van der Waals surface area contributed by atoms with Crippen molar-refractivity contribution >= 4 is 21.7 Å². The van der Waals surface area contributed by atoms with Gasteiger partial charge >= 0.3 is 0 Å². The van der Waals surface area contributed by atoms with Gasteiger partial charge in [-0.2, -0.15) is 0 Å². The number of anilines is 1. The second-order valence-corrected chi connectivity index (χ2v) is 5.37. The Labute approximate surface area is 99.8 Å². The van der Waals surface area contributed by atoms with Gasteiger partial charge in [0.1, 0.15) is 11.6 Å². The second-order valence-electron chi connectivity index (χ2n) is 4.58. The van der Waals surface area contributed by atoms with E-state index in [0.29, 0.717) is 0 Å². The van der Waals surface area contributed by atoms with Crippen molar-refractivity contribution in [3.63, 3.8) is 0 Å². The van der Waals surface area contributed by atoms with Gasteiger partial charge in [0, 0.05) is 12.0 Å². The highest BCUT2D eigenvalue weighted by Crippen LogP contribution is 2.27. The molecular formula is C11H18BrN3. The number of nitrogens with one attached hydrogen (secondary N) is 1. The minimum absolute atomic E-state index is 0.0182. The van der Waals surface area contributed by atoms with Gasteiger partial charge in [-0.1, -0.05) is 20.8 Å². The van der Waals surface area contributed by atoms with Gasteiger partial charge in [-0.25, -0.2) is 9.97 Å². The molecule has 0 aliphatic carbocycles. The first-order valence-electron chi connectivity index (χ1n) is 5.14. The van der Waals surface area contributed by atoms with E-state index in [2.05, 4.69) is 58.9 Å². The van der Waals surface area contributed by atoms with Crippen LogP contribution < -0.4 is 5.32 Å². The van der Waals surface area contributed by atoms with Crippen molar-refractivity contribution in [1.82, 2.24) is 9.97 Å². The molecule has 0 unspecified atom stereocenters. The fourth-order valence-corrected chi connectivity index (χ4v) is 1.50. The second kappa shape index (κ2) is 4.47. The number of halogens is 1. The molecule has 0 aromatic carbocycles. The van der Waals surface area contributed by atoms with E-state index >= 15 is 0 Å². The summed E-state index contributed by atoms with van der Waals surface area (Å²) in [5.41, 5.74) is 0.959. The van der Waals surface area contributed by atoms with Crippen molar-refractivity contribution in [3.8, 4) is 0 Å². The SMILES string of the molecule is CCNc1nc(C(C)(C)C)nc(C)c1Br. The number of rotatable bonds is 2. The third-order valence-electron chi connectivity index (χ3n) is 2.03. The van der Waals surface area contributed by atoms with Crippen LogP contribution in [0.1, 0.15) is 39.2 Å². The maximum atomic E-state index is 4.53. The molecular weight excluding hydrogens is 254 g/mol. The first kappa shape index (κ1) is 12.4. The summed E-state index contributed by atoms with van der Waals surface area (Å²) in [5.74, 6) is 1.76. The number of aromatic nitrogens is 2. The lowest BCUT2D eigenvalue weighted by atomic mass is 9.95. The van der Waals surface area contributed by atoms with Crippen LogP contribution in [0.4, 0.5) is 5.82 Å². The number of hydrogen-bond donors (Lipinski definition) is 1. The summed E-state index contributed by atoms with van der Waals surface area (Å²) in [5, 5.41) is 3.23. The Morgan fingerprint density at radius 2 is 1.87 bits per heavy atom. The largest absolute Gasteiger partial charge is 0.369 e. The summed E-state index contributed by atoms with van der Waals surface area (Å²) in [7, 11) is 0. The Morgan fingerprint density at radius 3 is 2.33 bits per heavy atom. The number of nitrogens with zero attached hydrogens (tertiary/aromatic N) is 2. The molecule has 0 aliphatic rings. The van der Waals surface area contributed by atoms with Gasteiger partial charge in [0.25, 0.3) is 0 Å².